The zero-order valence-corrected chi connectivity index (χ0v) is 12.4. The van der Waals surface area contributed by atoms with E-state index in [-0.39, 0.29) is 18.1 Å². The Bertz CT molecular complexity index is 289. The Morgan fingerprint density at radius 3 is 2.24 bits per heavy atom. The predicted octanol–water partition coefficient (Wildman–Crippen LogP) is 2.43. The summed E-state index contributed by atoms with van der Waals surface area (Å²) in [6.07, 6.45) is 2.40. The summed E-state index contributed by atoms with van der Waals surface area (Å²) >= 11 is 3.62. The van der Waals surface area contributed by atoms with Gasteiger partial charge in [-0.15, -0.1) is 0 Å². The standard InChI is InChI=1S/C13H22BrNO2/c1-8-9(2)17-10(3)12(8)13(16)15-6-4-11(14)5-7-15/h8-12H,4-7H2,1-3H3. The lowest BCUT2D eigenvalue weighted by molar-refractivity contribution is -0.138. The first-order chi connectivity index (χ1) is 8.00. The van der Waals surface area contributed by atoms with Crippen LogP contribution < -0.4 is 0 Å². The first-order valence-corrected chi connectivity index (χ1v) is 7.50. The van der Waals surface area contributed by atoms with E-state index in [4.69, 9.17) is 4.74 Å². The van der Waals surface area contributed by atoms with E-state index in [1.54, 1.807) is 0 Å². The number of halogens is 1. The van der Waals surface area contributed by atoms with Crippen molar-refractivity contribution in [3.8, 4) is 0 Å². The van der Waals surface area contributed by atoms with Crippen molar-refractivity contribution in [2.75, 3.05) is 13.1 Å². The molecule has 1 amide bonds. The van der Waals surface area contributed by atoms with E-state index in [1.807, 2.05) is 11.8 Å². The molecule has 4 unspecified atom stereocenters. The first kappa shape index (κ1) is 13.3. The molecule has 0 aromatic heterocycles. The van der Waals surface area contributed by atoms with Crippen molar-refractivity contribution in [1.82, 2.24) is 4.90 Å². The third kappa shape index (κ3) is 2.68. The lowest BCUT2D eigenvalue weighted by atomic mass is 9.88. The molecule has 2 aliphatic heterocycles. The molecule has 2 rings (SSSR count). The number of carbonyl (C=O) groups excluding carboxylic acids is 1. The van der Waals surface area contributed by atoms with Crippen LogP contribution in [0.15, 0.2) is 0 Å². The van der Waals surface area contributed by atoms with Gasteiger partial charge in [-0.1, -0.05) is 22.9 Å². The maximum atomic E-state index is 12.5. The highest BCUT2D eigenvalue weighted by molar-refractivity contribution is 9.09. The fourth-order valence-electron chi connectivity index (χ4n) is 2.97. The van der Waals surface area contributed by atoms with E-state index >= 15 is 0 Å². The predicted molar refractivity (Wildman–Crippen MR) is 71.2 cm³/mol. The van der Waals surface area contributed by atoms with Crippen molar-refractivity contribution in [2.45, 2.75) is 50.6 Å². The maximum absolute atomic E-state index is 12.5. The first-order valence-electron chi connectivity index (χ1n) is 6.59. The van der Waals surface area contributed by atoms with E-state index in [1.165, 1.54) is 0 Å². The summed E-state index contributed by atoms with van der Waals surface area (Å²) in [6.45, 7) is 8.01. The number of piperidine rings is 1. The van der Waals surface area contributed by atoms with Gasteiger partial charge < -0.3 is 9.64 Å². The average molecular weight is 304 g/mol. The second-order valence-corrected chi connectivity index (χ2v) is 6.73. The van der Waals surface area contributed by atoms with Crippen molar-refractivity contribution in [3.63, 3.8) is 0 Å². The van der Waals surface area contributed by atoms with E-state index in [9.17, 15) is 4.79 Å². The Morgan fingerprint density at radius 1 is 1.18 bits per heavy atom. The zero-order valence-electron chi connectivity index (χ0n) is 10.9. The van der Waals surface area contributed by atoms with Crippen LogP contribution in [0.5, 0.6) is 0 Å². The summed E-state index contributed by atoms with van der Waals surface area (Å²) in [7, 11) is 0. The highest BCUT2D eigenvalue weighted by Crippen LogP contribution is 2.34. The molecule has 4 atom stereocenters. The molecule has 0 saturated carbocycles. The van der Waals surface area contributed by atoms with E-state index in [0.29, 0.717) is 16.7 Å². The summed E-state index contributed by atoms with van der Waals surface area (Å²) < 4.78 is 5.76. The summed E-state index contributed by atoms with van der Waals surface area (Å²) in [4.78, 5) is 15.1. The van der Waals surface area contributed by atoms with Crippen LogP contribution in [0.3, 0.4) is 0 Å². The largest absolute Gasteiger partial charge is 0.374 e. The Kier molecular flexibility index (Phi) is 4.14. The molecular formula is C13H22BrNO2. The molecule has 0 bridgehead atoms. The van der Waals surface area contributed by atoms with Gasteiger partial charge in [0.2, 0.25) is 5.91 Å². The van der Waals surface area contributed by atoms with E-state index < -0.39 is 0 Å². The van der Waals surface area contributed by atoms with Crippen LogP contribution in [0.2, 0.25) is 0 Å². The molecule has 2 saturated heterocycles. The van der Waals surface area contributed by atoms with Crippen LogP contribution >= 0.6 is 15.9 Å². The Labute approximate surface area is 112 Å². The van der Waals surface area contributed by atoms with Gasteiger partial charge in [-0.2, -0.15) is 0 Å². The third-order valence-corrected chi connectivity index (χ3v) is 5.18. The number of hydrogen-bond donors (Lipinski definition) is 0. The summed E-state index contributed by atoms with van der Waals surface area (Å²) in [6, 6.07) is 0. The number of likely N-dealkylation sites (tertiary alicyclic amines) is 1. The van der Waals surface area contributed by atoms with Gasteiger partial charge in [0.15, 0.2) is 0 Å². The van der Waals surface area contributed by atoms with Gasteiger partial charge in [-0.05, 0) is 32.6 Å². The lowest BCUT2D eigenvalue weighted by Gasteiger charge is -2.33. The number of nitrogens with zero attached hydrogens (tertiary/aromatic N) is 1. The maximum Gasteiger partial charge on any atom is 0.228 e. The second kappa shape index (κ2) is 5.27. The van der Waals surface area contributed by atoms with Gasteiger partial charge in [0.25, 0.3) is 0 Å². The molecule has 2 fully saturated rings. The quantitative estimate of drug-likeness (QED) is 0.696. The third-order valence-electron chi connectivity index (χ3n) is 4.26. The number of ether oxygens (including phenoxy) is 1. The minimum Gasteiger partial charge on any atom is -0.374 e. The van der Waals surface area contributed by atoms with Crippen LogP contribution in [0.1, 0.15) is 33.6 Å². The molecule has 0 aromatic rings. The topological polar surface area (TPSA) is 29.5 Å². The summed E-state index contributed by atoms with van der Waals surface area (Å²) in [5.74, 6) is 0.685. The highest BCUT2D eigenvalue weighted by Gasteiger charge is 2.43. The van der Waals surface area contributed by atoms with Crippen LogP contribution in [-0.2, 0) is 9.53 Å². The molecular weight excluding hydrogens is 282 g/mol. The van der Waals surface area contributed by atoms with Crippen molar-refractivity contribution < 1.29 is 9.53 Å². The fourth-order valence-corrected chi connectivity index (χ4v) is 3.38. The molecule has 17 heavy (non-hydrogen) atoms. The Morgan fingerprint density at radius 2 is 1.76 bits per heavy atom. The van der Waals surface area contributed by atoms with E-state index in [2.05, 4.69) is 29.8 Å². The molecule has 0 aliphatic carbocycles. The smallest absolute Gasteiger partial charge is 0.228 e. The number of hydrogen-bond acceptors (Lipinski definition) is 2. The molecule has 98 valence electrons. The van der Waals surface area contributed by atoms with Gasteiger partial charge in [0.05, 0.1) is 18.1 Å². The van der Waals surface area contributed by atoms with Gasteiger partial charge in [0.1, 0.15) is 0 Å². The van der Waals surface area contributed by atoms with Crippen molar-refractivity contribution >= 4 is 21.8 Å². The summed E-state index contributed by atoms with van der Waals surface area (Å²) in [5, 5.41) is 0. The average Bonchev–Trinajstić information content (AvgIpc) is 2.53. The Balaban J connectivity index is 2.00. The molecule has 0 N–H and O–H groups in total. The monoisotopic (exact) mass is 303 g/mol. The minimum atomic E-state index is 0.0527. The second-order valence-electron chi connectivity index (χ2n) is 5.43. The van der Waals surface area contributed by atoms with Crippen LogP contribution in [0, 0.1) is 11.8 Å². The van der Waals surface area contributed by atoms with Crippen molar-refractivity contribution in [1.29, 1.82) is 0 Å². The number of rotatable bonds is 1. The Hall–Kier alpha value is -0.0900. The lowest BCUT2D eigenvalue weighted by Crippen LogP contribution is -2.45. The normalized spacial score (nSPS) is 39.6. The van der Waals surface area contributed by atoms with Gasteiger partial charge in [-0.3, -0.25) is 4.79 Å². The number of carbonyl (C=O) groups is 1. The molecule has 0 spiro atoms. The zero-order chi connectivity index (χ0) is 12.6. The van der Waals surface area contributed by atoms with Gasteiger partial charge in [0, 0.05) is 17.9 Å². The van der Waals surface area contributed by atoms with Crippen LogP contribution in [0.4, 0.5) is 0 Å². The summed E-state index contributed by atoms with van der Waals surface area (Å²) in [5.41, 5.74) is 0. The molecule has 0 aromatic carbocycles. The fraction of sp³-hybridized carbons (Fsp3) is 0.923. The molecule has 3 nitrogen and oxygen atoms in total. The van der Waals surface area contributed by atoms with Gasteiger partial charge >= 0.3 is 0 Å². The number of alkyl halides is 1. The van der Waals surface area contributed by atoms with Crippen molar-refractivity contribution in [3.05, 3.63) is 0 Å². The molecule has 0 radical (unpaired) electrons. The van der Waals surface area contributed by atoms with E-state index in [0.717, 1.165) is 25.9 Å². The molecule has 4 heteroatoms. The van der Waals surface area contributed by atoms with Crippen LogP contribution in [-0.4, -0.2) is 40.9 Å². The van der Waals surface area contributed by atoms with Crippen LogP contribution in [0.25, 0.3) is 0 Å². The molecule has 2 aliphatic rings. The highest BCUT2D eigenvalue weighted by atomic mass is 79.9. The minimum absolute atomic E-state index is 0.0527. The van der Waals surface area contributed by atoms with Gasteiger partial charge in [-0.25, -0.2) is 0 Å². The number of amides is 1. The molecule has 2 heterocycles. The van der Waals surface area contributed by atoms with Crippen molar-refractivity contribution in [2.24, 2.45) is 11.8 Å². The SMILES string of the molecule is CC1OC(C)C(C(=O)N2CCC(Br)CC2)C1C.